The van der Waals surface area contributed by atoms with Gasteiger partial charge in [0.25, 0.3) is 0 Å². The summed E-state index contributed by atoms with van der Waals surface area (Å²) in [5.74, 6) is -0.506. The van der Waals surface area contributed by atoms with E-state index in [-0.39, 0.29) is 5.69 Å². The highest BCUT2D eigenvalue weighted by molar-refractivity contribution is 7.22. The highest BCUT2D eigenvalue weighted by Crippen LogP contribution is 2.31. The second kappa shape index (κ2) is 3.67. The number of nitrogens with zero attached hydrogens (tertiary/aromatic N) is 1. The van der Waals surface area contributed by atoms with E-state index in [1.165, 1.54) is 24.5 Å². The zero-order valence-corrected chi connectivity index (χ0v) is 9.35. The van der Waals surface area contributed by atoms with Crippen molar-refractivity contribution in [2.75, 3.05) is 12.8 Å². The lowest BCUT2D eigenvalue weighted by Gasteiger charge is -2.00. The van der Waals surface area contributed by atoms with Gasteiger partial charge in [0.15, 0.2) is 5.69 Å². The molecule has 0 amide bonds. The van der Waals surface area contributed by atoms with Gasteiger partial charge >= 0.3 is 5.97 Å². The Labute approximate surface area is 94.6 Å². The zero-order chi connectivity index (χ0) is 11.0. The van der Waals surface area contributed by atoms with Gasteiger partial charge in [0.1, 0.15) is 4.83 Å². The fourth-order valence-corrected chi connectivity index (χ4v) is 2.34. The third-order valence-electron chi connectivity index (χ3n) is 1.90. The van der Waals surface area contributed by atoms with E-state index < -0.39 is 5.97 Å². The summed E-state index contributed by atoms with van der Waals surface area (Å²) < 4.78 is 5.15. The standard InChI is InChI=1S/C9H7ClN2O2S/c1-14-9(13)6-3-5(11)4-2-7(10)15-8(4)12-6/h2-3H,1H3,(H2,11,12). The molecular weight excluding hydrogens is 236 g/mol. The van der Waals surface area contributed by atoms with E-state index in [1.807, 2.05) is 0 Å². The highest BCUT2D eigenvalue weighted by Gasteiger charge is 2.12. The van der Waals surface area contributed by atoms with Crippen LogP contribution >= 0.6 is 22.9 Å². The van der Waals surface area contributed by atoms with E-state index in [2.05, 4.69) is 9.72 Å². The van der Waals surface area contributed by atoms with Crippen LogP contribution in [0.25, 0.3) is 10.2 Å². The summed E-state index contributed by atoms with van der Waals surface area (Å²) in [5, 5.41) is 0.762. The number of carbonyl (C=O) groups excluding carboxylic acids is 1. The van der Waals surface area contributed by atoms with E-state index in [9.17, 15) is 4.79 Å². The van der Waals surface area contributed by atoms with Crippen molar-refractivity contribution in [3.8, 4) is 0 Å². The van der Waals surface area contributed by atoms with Gasteiger partial charge in [-0.15, -0.1) is 11.3 Å². The number of ether oxygens (including phenoxy) is 1. The van der Waals surface area contributed by atoms with Crippen LogP contribution in [0.5, 0.6) is 0 Å². The SMILES string of the molecule is COC(=O)c1cc(N)c2cc(Cl)sc2n1. The van der Waals surface area contributed by atoms with Gasteiger partial charge in [-0.25, -0.2) is 9.78 Å². The topological polar surface area (TPSA) is 65.2 Å². The number of nitrogen functional groups attached to an aromatic ring is 1. The van der Waals surface area contributed by atoms with Gasteiger partial charge in [-0.3, -0.25) is 0 Å². The van der Waals surface area contributed by atoms with Crippen LogP contribution in [0.15, 0.2) is 12.1 Å². The van der Waals surface area contributed by atoms with Crippen LogP contribution in [0.2, 0.25) is 4.34 Å². The van der Waals surface area contributed by atoms with Crippen molar-refractivity contribution in [2.24, 2.45) is 0 Å². The monoisotopic (exact) mass is 242 g/mol. The fraction of sp³-hybridized carbons (Fsp3) is 0.111. The number of fused-ring (bicyclic) bond motifs is 1. The predicted octanol–water partition coefficient (Wildman–Crippen LogP) is 2.32. The number of methoxy groups -OCH3 is 1. The summed E-state index contributed by atoms with van der Waals surface area (Å²) in [4.78, 5) is 16.0. The maximum atomic E-state index is 11.2. The number of pyridine rings is 1. The van der Waals surface area contributed by atoms with Crippen molar-refractivity contribution in [1.29, 1.82) is 0 Å². The number of anilines is 1. The lowest BCUT2D eigenvalue weighted by atomic mass is 10.2. The molecule has 2 heterocycles. The van der Waals surface area contributed by atoms with Crippen LogP contribution < -0.4 is 5.73 Å². The predicted molar refractivity (Wildman–Crippen MR) is 60.4 cm³/mol. The average Bonchev–Trinajstić information content (AvgIpc) is 2.58. The number of aromatic nitrogens is 1. The van der Waals surface area contributed by atoms with Crippen LogP contribution in [-0.4, -0.2) is 18.1 Å². The normalized spacial score (nSPS) is 10.5. The third-order valence-corrected chi connectivity index (χ3v) is 3.06. The molecule has 0 saturated heterocycles. The van der Waals surface area contributed by atoms with Gasteiger partial charge in [-0.1, -0.05) is 11.6 Å². The minimum Gasteiger partial charge on any atom is -0.464 e. The molecule has 0 aliphatic carbocycles. The molecule has 0 fully saturated rings. The molecule has 0 unspecified atom stereocenters. The second-order valence-corrected chi connectivity index (χ2v) is 4.52. The van der Waals surface area contributed by atoms with Crippen molar-refractivity contribution >= 4 is 44.8 Å². The van der Waals surface area contributed by atoms with Crippen molar-refractivity contribution < 1.29 is 9.53 Å². The van der Waals surface area contributed by atoms with E-state index in [4.69, 9.17) is 17.3 Å². The van der Waals surface area contributed by atoms with E-state index in [1.54, 1.807) is 6.07 Å². The smallest absolute Gasteiger partial charge is 0.356 e. The minimum atomic E-state index is -0.506. The molecule has 2 rings (SSSR count). The molecule has 0 aliphatic heterocycles. The van der Waals surface area contributed by atoms with E-state index in [0.29, 0.717) is 14.9 Å². The minimum absolute atomic E-state index is 0.195. The lowest BCUT2D eigenvalue weighted by molar-refractivity contribution is 0.0594. The Morgan fingerprint density at radius 2 is 2.33 bits per heavy atom. The Morgan fingerprint density at radius 1 is 1.60 bits per heavy atom. The van der Waals surface area contributed by atoms with Crippen LogP contribution in [0.3, 0.4) is 0 Å². The number of rotatable bonds is 1. The first-order valence-electron chi connectivity index (χ1n) is 4.05. The molecule has 6 heteroatoms. The molecule has 15 heavy (non-hydrogen) atoms. The number of hydrogen-bond donors (Lipinski definition) is 1. The Kier molecular flexibility index (Phi) is 2.50. The van der Waals surface area contributed by atoms with Gasteiger partial charge < -0.3 is 10.5 Å². The van der Waals surface area contributed by atoms with Crippen molar-refractivity contribution in [3.05, 3.63) is 22.2 Å². The molecule has 78 valence electrons. The van der Waals surface area contributed by atoms with Crippen LogP contribution in [0, 0.1) is 0 Å². The molecule has 2 N–H and O–H groups in total. The first-order valence-corrected chi connectivity index (χ1v) is 5.25. The van der Waals surface area contributed by atoms with Gasteiger partial charge in [-0.2, -0.15) is 0 Å². The molecule has 2 aromatic rings. The first-order chi connectivity index (χ1) is 7.11. The summed E-state index contributed by atoms with van der Waals surface area (Å²) in [7, 11) is 1.30. The number of thiophene rings is 1. The first kappa shape index (κ1) is 10.2. The number of hydrogen-bond acceptors (Lipinski definition) is 5. The summed E-state index contributed by atoms with van der Waals surface area (Å²) in [6.07, 6.45) is 0. The van der Waals surface area contributed by atoms with Gasteiger partial charge in [0.05, 0.1) is 11.4 Å². The molecule has 0 spiro atoms. The van der Waals surface area contributed by atoms with Crippen LogP contribution in [-0.2, 0) is 4.74 Å². The van der Waals surface area contributed by atoms with Crippen molar-refractivity contribution in [2.45, 2.75) is 0 Å². The number of nitrogens with two attached hydrogens (primary N) is 1. The lowest BCUT2D eigenvalue weighted by Crippen LogP contribution is -2.04. The molecule has 0 aliphatic rings. The maximum Gasteiger partial charge on any atom is 0.356 e. The summed E-state index contributed by atoms with van der Waals surface area (Å²) >= 11 is 7.10. The number of halogens is 1. The maximum absolute atomic E-state index is 11.2. The van der Waals surface area contributed by atoms with Gasteiger partial charge in [0, 0.05) is 11.1 Å². The average molecular weight is 243 g/mol. The third kappa shape index (κ3) is 1.75. The fourth-order valence-electron chi connectivity index (χ4n) is 1.22. The second-order valence-electron chi connectivity index (χ2n) is 2.86. The molecule has 0 atom stereocenters. The van der Waals surface area contributed by atoms with E-state index >= 15 is 0 Å². The summed E-state index contributed by atoms with van der Waals surface area (Å²) in [6.45, 7) is 0. The number of carbonyl (C=O) groups is 1. The summed E-state index contributed by atoms with van der Waals surface area (Å²) in [5.41, 5.74) is 6.43. The largest absolute Gasteiger partial charge is 0.464 e. The van der Waals surface area contributed by atoms with E-state index in [0.717, 1.165) is 5.39 Å². The number of esters is 1. The van der Waals surface area contributed by atoms with Crippen molar-refractivity contribution in [3.63, 3.8) is 0 Å². The Balaban J connectivity index is 2.66. The molecule has 0 bridgehead atoms. The molecule has 0 aromatic carbocycles. The quantitative estimate of drug-likeness (QED) is 0.780. The van der Waals surface area contributed by atoms with Crippen LogP contribution in [0.4, 0.5) is 5.69 Å². The molecule has 4 nitrogen and oxygen atoms in total. The molecule has 0 saturated carbocycles. The molecular formula is C9H7ClN2O2S. The Bertz CT molecular complexity index is 538. The molecule has 0 radical (unpaired) electrons. The van der Waals surface area contributed by atoms with Gasteiger partial charge in [-0.05, 0) is 12.1 Å². The zero-order valence-electron chi connectivity index (χ0n) is 7.78. The summed E-state index contributed by atoms with van der Waals surface area (Å²) in [6, 6.07) is 3.21. The Morgan fingerprint density at radius 3 is 3.00 bits per heavy atom. The molecule has 2 aromatic heterocycles. The highest BCUT2D eigenvalue weighted by atomic mass is 35.5. The Hall–Kier alpha value is -1.33. The van der Waals surface area contributed by atoms with Crippen LogP contribution in [0.1, 0.15) is 10.5 Å². The van der Waals surface area contributed by atoms with Crippen molar-refractivity contribution in [1.82, 2.24) is 4.98 Å². The van der Waals surface area contributed by atoms with Gasteiger partial charge in [0.2, 0.25) is 0 Å².